The third-order valence-electron chi connectivity index (χ3n) is 4.00. The molecule has 5 heteroatoms. The number of aryl methyl sites for hydroxylation is 1. The zero-order valence-corrected chi connectivity index (χ0v) is 13.3. The van der Waals surface area contributed by atoms with Gasteiger partial charge in [-0.15, -0.1) is 0 Å². The summed E-state index contributed by atoms with van der Waals surface area (Å²) in [5.74, 6) is 0.0490. The molecule has 2 aromatic heterocycles. The van der Waals surface area contributed by atoms with E-state index in [-0.39, 0.29) is 11.5 Å². The second kappa shape index (κ2) is 6.69. The first-order valence-corrected chi connectivity index (χ1v) is 8.07. The Morgan fingerprint density at radius 2 is 1.83 bits per heavy atom. The molecule has 0 aliphatic carbocycles. The molecule has 0 saturated carbocycles. The summed E-state index contributed by atoms with van der Waals surface area (Å²) < 4.78 is 3.69. The van der Waals surface area contributed by atoms with Crippen LogP contribution in [0.4, 0.5) is 0 Å². The maximum Gasteiger partial charge on any atom is 0.275 e. The molecule has 1 N–H and O–H groups in total. The molecular weight excluding hydrogens is 290 g/mol. The molecule has 3 rings (SSSR count). The molecule has 0 spiro atoms. The van der Waals surface area contributed by atoms with Crippen LogP contribution < -0.4 is 10.9 Å². The SMILES string of the molecule is CCCNC(=O)CCCn1c(=O)c2cccn2c2ccccc21. The Morgan fingerprint density at radius 1 is 1.09 bits per heavy atom. The second-order valence-electron chi connectivity index (χ2n) is 5.66. The fourth-order valence-corrected chi connectivity index (χ4v) is 2.88. The van der Waals surface area contributed by atoms with E-state index in [0.29, 0.717) is 31.4 Å². The van der Waals surface area contributed by atoms with E-state index < -0.39 is 0 Å². The zero-order chi connectivity index (χ0) is 16.2. The van der Waals surface area contributed by atoms with Crippen LogP contribution in [0.3, 0.4) is 0 Å². The van der Waals surface area contributed by atoms with E-state index in [2.05, 4.69) is 5.32 Å². The molecule has 1 amide bonds. The number of nitrogens with one attached hydrogen (secondary N) is 1. The van der Waals surface area contributed by atoms with Gasteiger partial charge in [0.25, 0.3) is 5.56 Å². The Kier molecular flexibility index (Phi) is 4.46. The van der Waals surface area contributed by atoms with Crippen molar-refractivity contribution in [3.8, 4) is 0 Å². The molecule has 0 atom stereocenters. The van der Waals surface area contributed by atoms with Gasteiger partial charge in [-0.25, -0.2) is 0 Å². The number of nitrogens with zero attached hydrogens (tertiary/aromatic N) is 2. The van der Waals surface area contributed by atoms with Crippen LogP contribution in [0.25, 0.3) is 16.6 Å². The van der Waals surface area contributed by atoms with Crippen LogP contribution in [0.5, 0.6) is 0 Å². The number of aromatic nitrogens is 2. The van der Waals surface area contributed by atoms with Crippen LogP contribution >= 0.6 is 0 Å². The molecule has 0 saturated heterocycles. The molecule has 0 aliphatic heterocycles. The Hall–Kier alpha value is -2.56. The van der Waals surface area contributed by atoms with Crippen LogP contribution in [-0.2, 0) is 11.3 Å². The number of rotatable bonds is 6. The van der Waals surface area contributed by atoms with Crippen LogP contribution in [0.15, 0.2) is 47.4 Å². The molecule has 1 aromatic carbocycles. The molecule has 0 bridgehead atoms. The van der Waals surface area contributed by atoms with Gasteiger partial charge in [0.15, 0.2) is 0 Å². The molecule has 0 radical (unpaired) electrons. The Bertz CT molecular complexity index is 892. The second-order valence-corrected chi connectivity index (χ2v) is 5.66. The maximum absolute atomic E-state index is 12.7. The van der Waals surface area contributed by atoms with Crippen LogP contribution in [0.1, 0.15) is 26.2 Å². The normalized spacial score (nSPS) is 11.2. The molecule has 2 heterocycles. The highest BCUT2D eigenvalue weighted by Crippen LogP contribution is 2.15. The summed E-state index contributed by atoms with van der Waals surface area (Å²) in [4.78, 5) is 24.4. The average Bonchev–Trinajstić information content (AvgIpc) is 3.06. The van der Waals surface area contributed by atoms with Crippen molar-refractivity contribution in [1.29, 1.82) is 0 Å². The fraction of sp³-hybridized carbons (Fsp3) is 0.333. The summed E-state index contributed by atoms with van der Waals surface area (Å²) in [5.41, 5.74) is 2.56. The first-order valence-electron chi connectivity index (χ1n) is 8.07. The van der Waals surface area contributed by atoms with Gasteiger partial charge < -0.3 is 14.3 Å². The van der Waals surface area contributed by atoms with Crippen molar-refractivity contribution in [2.75, 3.05) is 6.54 Å². The molecule has 0 fully saturated rings. The Morgan fingerprint density at radius 3 is 2.61 bits per heavy atom. The molecule has 0 aliphatic rings. The van der Waals surface area contributed by atoms with E-state index in [4.69, 9.17) is 0 Å². The first-order chi connectivity index (χ1) is 11.2. The van der Waals surface area contributed by atoms with Gasteiger partial charge in [-0.1, -0.05) is 19.1 Å². The topological polar surface area (TPSA) is 55.5 Å². The van der Waals surface area contributed by atoms with Crippen molar-refractivity contribution in [1.82, 2.24) is 14.3 Å². The van der Waals surface area contributed by atoms with Crippen molar-refractivity contribution < 1.29 is 4.79 Å². The minimum atomic E-state index is -0.0114. The highest BCUT2D eigenvalue weighted by atomic mass is 16.1. The Balaban J connectivity index is 1.89. The van der Waals surface area contributed by atoms with Gasteiger partial charge >= 0.3 is 0 Å². The molecule has 0 unspecified atom stereocenters. The molecule has 3 aromatic rings. The standard InChI is InChI=1S/C18H21N3O2/c1-2-11-19-17(22)10-6-13-21-15-8-4-3-7-14(15)20-12-5-9-16(20)18(21)23/h3-5,7-9,12H,2,6,10-11,13H2,1H3,(H,19,22). The van der Waals surface area contributed by atoms with Crippen molar-refractivity contribution in [3.63, 3.8) is 0 Å². The summed E-state index contributed by atoms with van der Waals surface area (Å²) in [6, 6.07) is 11.6. The van der Waals surface area contributed by atoms with Gasteiger partial charge in [0.2, 0.25) is 5.91 Å². The monoisotopic (exact) mass is 311 g/mol. The minimum Gasteiger partial charge on any atom is -0.356 e. The lowest BCUT2D eigenvalue weighted by molar-refractivity contribution is -0.121. The van der Waals surface area contributed by atoms with E-state index >= 15 is 0 Å². The lowest BCUT2D eigenvalue weighted by Crippen LogP contribution is -2.26. The van der Waals surface area contributed by atoms with Gasteiger partial charge in [-0.2, -0.15) is 0 Å². The largest absolute Gasteiger partial charge is 0.356 e. The molecule has 5 nitrogen and oxygen atoms in total. The predicted molar refractivity (Wildman–Crippen MR) is 91.7 cm³/mol. The summed E-state index contributed by atoms with van der Waals surface area (Å²) in [6.45, 7) is 3.27. The van der Waals surface area contributed by atoms with Gasteiger partial charge in [0.1, 0.15) is 5.52 Å². The van der Waals surface area contributed by atoms with Crippen LogP contribution in [0.2, 0.25) is 0 Å². The number of benzene rings is 1. The molecule has 120 valence electrons. The Labute approximate surface area is 134 Å². The van der Waals surface area contributed by atoms with E-state index in [1.54, 1.807) is 4.57 Å². The van der Waals surface area contributed by atoms with E-state index in [0.717, 1.165) is 17.5 Å². The summed E-state index contributed by atoms with van der Waals surface area (Å²) in [5, 5.41) is 2.87. The van der Waals surface area contributed by atoms with Crippen molar-refractivity contribution >= 4 is 22.5 Å². The van der Waals surface area contributed by atoms with Gasteiger partial charge in [-0.3, -0.25) is 9.59 Å². The predicted octanol–water partition coefficient (Wildman–Crippen LogP) is 2.56. The van der Waals surface area contributed by atoms with Gasteiger partial charge in [0, 0.05) is 25.7 Å². The average molecular weight is 311 g/mol. The number of fused-ring (bicyclic) bond motifs is 3. The quantitative estimate of drug-likeness (QED) is 0.760. The van der Waals surface area contributed by atoms with Crippen molar-refractivity contribution in [2.45, 2.75) is 32.7 Å². The van der Waals surface area contributed by atoms with Gasteiger partial charge in [-0.05, 0) is 37.1 Å². The number of amides is 1. The van der Waals surface area contributed by atoms with E-state index in [1.807, 2.05) is 53.9 Å². The fourth-order valence-electron chi connectivity index (χ4n) is 2.88. The van der Waals surface area contributed by atoms with E-state index in [1.165, 1.54) is 0 Å². The lowest BCUT2D eigenvalue weighted by atomic mass is 10.2. The summed E-state index contributed by atoms with van der Waals surface area (Å²) in [7, 11) is 0. The molecule has 23 heavy (non-hydrogen) atoms. The van der Waals surface area contributed by atoms with Crippen LogP contribution in [0, 0.1) is 0 Å². The third-order valence-corrected chi connectivity index (χ3v) is 4.00. The van der Waals surface area contributed by atoms with Crippen LogP contribution in [-0.4, -0.2) is 21.4 Å². The van der Waals surface area contributed by atoms with E-state index in [9.17, 15) is 9.59 Å². The molecular formula is C18H21N3O2. The van der Waals surface area contributed by atoms with Crippen molar-refractivity contribution in [3.05, 3.63) is 52.9 Å². The smallest absolute Gasteiger partial charge is 0.275 e. The first kappa shape index (κ1) is 15.3. The number of carbonyl (C=O) groups is 1. The third kappa shape index (κ3) is 2.99. The number of para-hydroxylation sites is 2. The zero-order valence-electron chi connectivity index (χ0n) is 13.3. The summed E-state index contributed by atoms with van der Waals surface area (Å²) >= 11 is 0. The highest BCUT2D eigenvalue weighted by molar-refractivity contribution is 5.79. The van der Waals surface area contributed by atoms with Gasteiger partial charge in [0.05, 0.1) is 11.0 Å². The lowest BCUT2D eigenvalue weighted by Gasteiger charge is -2.12. The highest BCUT2D eigenvalue weighted by Gasteiger charge is 2.10. The minimum absolute atomic E-state index is 0.0114. The summed E-state index contributed by atoms with van der Waals surface area (Å²) in [6.07, 6.45) is 3.92. The number of carbonyl (C=O) groups excluding carboxylic acids is 1. The maximum atomic E-state index is 12.7. The van der Waals surface area contributed by atoms with Crippen molar-refractivity contribution in [2.24, 2.45) is 0 Å². The number of hydrogen-bond acceptors (Lipinski definition) is 2. The number of hydrogen-bond donors (Lipinski definition) is 1.